The van der Waals surface area contributed by atoms with Crippen LogP contribution in [0.2, 0.25) is 0 Å². The van der Waals surface area contributed by atoms with Crippen LogP contribution in [-0.4, -0.2) is 45.9 Å². The highest BCUT2D eigenvalue weighted by Gasteiger charge is 2.54. The zero-order valence-corrected chi connectivity index (χ0v) is 8.80. The van der Waals surface area contributed by atoms with Crippen molar-refractivity contribution in [2.75, 3.05) is 32.3 Å². The van der Waals surface area contributed by atoms with Crippen molar-refractivity contribution in [3.8, 4) is 0 Å². The summed E-state index contributed by atoms with van der Waals surface area (Å²) < 4.78 is 26.9. The van der Waals surface area contributed by atoms with Gasteiger partial charge in [0.25, 0.3) is 0 Å². The summed E-state index contributed by atoms with van der Waals surface area (Å²) in [6.07, 6.45) is 1.98. The van der Waals surface area contributed by atoms with E-state index < -0.39 is 9.84 Å². The molecule has 0 aromatic heterocycles. The van der Waals surface area contributed by atoms with E-state index in [1.165, 1.54) is 6.26 Å². The lowest BCUT2D eigenvalue weighted by atomic mass is 10.1. The fourth-order valence-electron chi connectivity index (χ4n) is 1.74. The maximum atomic E-state index is 11.0. The van der Waals surface area contributed by atoms with Gasteiger partial charge in [-0.05, 0) is 12.3 Å². The van der Waals surface area contributed by atoms with E-state index in [1.807, 2.05) is 0 Å². The van der Waals surface area contributed by atoms with E-state index in [4.69, 9.17) is 9.84 Å². The van der Waals surface area contributed by atoms with E-state index in [9.17, 15) is 8.42 Å². The van der Waals surface area contributed by atoms with E-state index >= 15 is 0 Å². The Morgan fingerprint density at radius 1 is 1.62 bits per heavy atom. The van der Waals surface area contributed by atoms with Gasteiger partial charge in [-0.25, -0.2) is 8.42 Å². The van der Waals surface area contributed by atoms with Crippen LogP contribution in [0, 0.1) is 11.3 Å². The highest BCUT2D eigenvalue weighted by molar-refractivity contribution is 7.90. The molecule has 1 aliphatic carbocycles. The fourth-order valence-corrected chi connectivity index (χ4v) is 2.94. The molecule has 0 heterocycles. The number of sulfone groups is 1. The highest BCUT2D eigenvalue weighted by atomic mass is 32.2. The molecule has 1 rings (SSSR count). The largest absolute Gasteiger partial charge is 0.396 e. The van der Waals surface area contributed by atoms with Crippen LogP contribution in [0.1, 0.15) is 6.42 Å². The predicted octanol–water partition coefficient (Wildman–Crippen LogP) is -0.324. The summed E-state index contributed by atoms with van der Waals surface area (Å²) in [4.78, 5) is 0. The summed E-state index contributed by atoms with van der Waals surface area (Å²) in [5.74, 6) is 0.240. The van der Waals surface area contributed by atoms with Crippen LogP contribution in [0.5, 0.6) is 0 Å². The molecule has 1 aliphatic rings. The molecule has 0 aromatic carbocycles. The molecular formula is C8H16O4S. The molecule has 0 spiro atoms. The number of aliphatic hydroxyl groups is 1. The highest BCUT2D eigenvalue weighted by Crippen LogP contribution is 2.52. The average Bonchev–Trinajstić information content (AvgIpc) is 2.61. The molecule has 0 unspecified atom stereocenters. The van der Waals surface area contributed by atoms with Gasteiger partial charge >= 0.3 is 0 Å². The van der Waals surface area contributed by atoms with Gasteiger partial charge < -0.3 is 9.84 Å². The van der Waals surface area contributed by atoms with Crippen molar-refractivity contribution in [2.24, 2.45) is 11.3 Å². The summed E-state index contributed by atoms with van der Waals surface area (Å²) in [6.45, 7) is 0.463. The topological polar surface area (TPSA) is 63.6 Å². The molecule has 5 heteroatoms. The molecule has 0 bridgehead atoms. The van der Waals surface area contributed by atoms with Gasteiger partial charge in [0, 0.05) is 18.8 Å². The molecule has 2 atom stereocenters. The molecule has 1 fully saturated rings. The van der Waals surface area contributed by atoms with Gasteiger partial charge in [0.2, 0.25) is 0 Å². The standard InChI is InChI=1S/C8H16O4S/c1-12-6-8(5-9)3-7(8)4-13(2,10)11/h7,9H,3-6H2,1-2H3/t7-,8-/m0/s1. The lowest BCUT2D eigenvalue weighted by Gasteiger charge is -2.11. The van der Waals surface area contributed by atoms with Crippen molar-refractivity contribution in [3.05, 3.63) is 0 Å². The first-order chi connectivity index (χ1) is 5.93. The van der Waals surface area contributed by atoms with Crippen LogP contribution >= 0.6 is 0 Å². The Hall–Kier alpha value is -0.130. The van der Waals surface area contributed by atoms with Crippen LogP contribution in [-0.2, 0) is 14.6 Å². The third-order valence-corrected chi connectivity index (χ3v) is 3.62. The molecule has 0 aliphatic heterocycles. The molecule has 0 saturated heterocycles. The van der Waals surface area contributed by atoms with Crippen LogP contribution < -0.4 is 0 Å². The van der Waals surface area contributed by atoms with Gasteiger partial charge in [-0.3, -0.25) is 0 Å². The minimum atomic E-state index is -2.93. The van der Waals surface area contributed by atoms with Gasteiger partial charge in [0.15, 0.2) is 0 Å². The molecule has 13 heavy (non-hydrogen) atoms. The van der Waals surface area contributed by atoms with E-state index in [0.717, 1.165) is 6.42 Å². The quantitative estimate of drug-likeness (QED) is 0.672. The minimum Gasteiger partial charge on any atom is -0.396 e. The van der Waals surface area contributed by atoms with Crippen molar-refractivity contribution in [3.63, 3.8) is 0 Å². The Morgan fingerprint density at radius 3 is 2.62 bits per heavy atom. The normalized spacial score (nSPS) is 33.3. The summed E-state index contributed by atoms with van der Waals surface area (Å²) >= 11 is 0. The minimum absolute atomic E-state index is 0.0149. The fraction of sp³-hybridized carbons (Fsp3) is 1.00. The number of ether oxygens (including phenoxy) is 1. The monoisotopic (exact) mass is 208 g/mol. The number of rotatable bonds is 5. The van der Waals surface area contributed by atoms with Gasteiger partial charge in [0.05, 0.1) is 19.0 Å². The first kappa shape index (κ1) is 10.9. The SMILES string of the molecule is COC[C@@]1(CO)C[C@H]1CS(C)(=O)=O. The summed E-state index contributed by atoms with van der Waals surface area (Å²) in [5.41, 5.74) is -0.280. The first-order valence-electron chi connectivity index (χ1n) is 4.21. The number of hydrogen-bond acceptors (Lipinski definition) is 4. The third kappa shape index (κ3) is 2.65. The zero-order valence-electron chi connectivity index (χ0n) is 7.99. The van der Waals surface area contributed by atoms with Crippen molar-refractivity contribution in [1.82, 2.24) is 0 Å². The van der Waals surface area contributed by atoms with Crippen molar-refractivity contribution < 1.29 is 18.3 Å². The van der Waals surface area contributed by atoms with E-state index in [-0.39, 0.29) is 23.7 Å². The molecule has 0 amide bonds. The Morgan fingerprint density at radius 2 is 2.23 bits per heavy atom. The van der Waals surface area contributed by atoms with Gasteiger partial charge in [-0.1, -0.05) is 0 Å². The second-order valence-electron chi connectivity index (χ2n) is 3.95. The molecular weight excluding hydrogens is 192 g/mol. The second kappa shape index (κ2) is 3.55. The van der Waals surface area contributed by atoms with Crippen LogP contribution in [0.4, 0.5) is 0 Å². The first-order valence-corrected chi connectivity index (χ1v) is 6.27. The maximum absolute atomic E-state index is 11.0. The van der Waals surface area contributed by atoms with E-state index in [2.05, 4.69) is 0 Å². The van der Waals surface area contributed by atoms with Gasteiger partial charge in [0.1, 0.15) is 9.84 Å². The Kier molecular flexibility index (Phi) is 2.99. The van der Waals surface area contributed by atoms with Crippen LogP contribution in [0.15, 0.2) is 0 Å². The lowest BCUT2D eigenvalue weighted by molar-refractivity contribution is 0.0879. The van der Waals surface area contributed by atoms with Crippen molar-refractivity contribution in [2.45, 2.75) is 6.42 Å². The zero-order chi connectivity index (χ0) is 10.1. The summed E-state index contributed by atoms with van der Waals surface area (Å²) in [6, 6.07) is 0. The Balaban J connectivity index is 2.51. The van der Waals surface area contributed by atoms with Crippen LogP contribution in [0.25, 0.3) is 0 Å². The predicted molar refractivity (Wildman–Crippen MR) is 49.2 cm³/mol. The van der Waals surface area contributed by atoms with E-state index in [0.29, 0.717) is 6.61 Å². The number of aliphatic hydroxyl groups excluding tert-OH is 1. The van der Waals surface area contributed by atoms with Crippen molar-refractivity contribution >= 4 is 9.84 Å². The molecule has 0 aromatic rings. The third-order valence-electron chi connectivity index (χ3n) is 2.61. The maximum Gasteiger partial charge on any atom is 0.147 e. The number of methoxy groups -OCH3 is 1. The Labute approximate surface area is 78.8 Å². The van der Waals surface area contributed by atoms with E-state index in [1.54, 1.807) is 7.11 Å². The Bertz CT molecular complexity index is 272. The molecule has 78 valence electrons. The second-order valence-corrected chi connectivity index (χ2v) is 6.13. The van der Waals surface area contributed by atoms with Gasteiger partial charge in [-0.2, -0.15) is 0 Å². The molecule has 1 saturated carbocycles. The van der Waals surface area contributed by atoms with Crippen LogP contribution in [0.3, 0.4) is 0 Å². The summed E-state index contributed by atoms with van der Waals surface area (Å²) in [5, 5.41) is 9.08. The smallest absolute Gasteiger partial charge is 0.147 e. The molecule has 1 N–H and O–H groups in total. The molecule has 0 radical (unpaired) electrons. The lowest BCUT2D eigenvalue weighted by Crippen LogP contribution is -2.20. The van der Waals surface area contributed by atoms with Crippen molar-refractivity contribution in [1.29, 1.82) is 0 Å². The molecule has 4 nitrogen and oxygen atoms in total. The average molecular weight is 208 g/mol. The van der Waals surface area contributed by atoms with Gasteiger partial charge in [-0.15, -0.1) is 0 Å². The summed E-state index contributed by atoms with van der Waals surface area (Å²) in [7, 11) is -1.36. The number of hydrogen-bond donors (Lipinski definition) is 1.